The molecule has 0 radical (unpaired) electrons. The van der Waals surface area contributed by atoms with Crippen LogP contribution < -0.4 is 5.32 Å². The SMILES string of the molecule is CCN(C(=O)COC(=O)CCNC(=O)OC(C)(C)C)C1CCS(=O)(=O)C1. The fraction of sp³-hybridized carbons (Fsp3) is 0.812. The number of esters is 1. The molecule has 26 heavy (non-hydrogen) atoms. The quantitative estimate of drug-likeness (QED) is 0.626. The molecule has 1 rings (SSSR count). The Bertz CT molecular complexity index is 625. The molecule has 0 saturated carbocycles. The largest absolute Gasteiger partial charge is 0.456 e. The summed E-state index contributed by atoms with van der Waals surface area (Å²) in [5.41, 5.74) is -0.631. The highest BCUT2D eigenvalue weighted by Gasteiger charge is 2.34. The van der Waals surface area contributed by atoms with E-state index in [-0.39, 0.29) is 30.5 Å². The molecule has 1 saturated heterocycles. The van der Waals surface area contributed by atoms with Crippen molar-refractivity contribution in [2.75, 3.05) is 31.2 Å². The summed E-state index contributed by atoms with van der Waals surface area (Å²) in [5, 5.41) is 2.42. The zero-order valence-corrected chi connectivity index (χ0v) is 16.6. The summed E-state index contributed by atoms with van der Waals surface area (Å²) in [4.78, 5) is 36.7. The van der Waals surface area contributed by atoms with Gasteiger partial charge in [0.2, 0.25) is 0 Å². The molecule has 9 nitrogen and oxygen atoms in total. The van der Waals surface area contributed by atoms with Gasteiger partial charge in [-0.05, 0) is 34.1 Å². The molecule has 1 aliphatic rings. The van der Waals surface area contributed by atoms with Crippen molar-refractivity contribution < 1.29 is 32.3 Å². The average molecular weight is 392 g/mol. The molecule has 150 valence electrons. The highest BCUT2D eigenvalue weighted by molar-refractivity contribution is 7.91. The number of alkyl carbamates (subject to hydrolysis) is 1. The monoisotopic (exact) mass is 392 g/mol. The summed E-state index contributed by atoms with van der Waals surface area (Å²) < 4.78 is 33.0. The first kappa shape index (κ1) is 22.2. The lowest BCUT2D eigenvalue weighted by Crippen LogP contribution is -2.43. The second-order valence-corrected chi connectivity index (χ2v) is 9.30. The average Bonchev–Trinajstić information content (AvgIpc) is 2.84. The minimum absolute atomic E-state index is 0.0281. The fourth-order valence-electron chi connectivity index (χ4n) is 2.54. The normalized spacial score (nSPS) is 18.8. The Labute approximate surface area is 154 Å². The lowest BCUT2D eigenvalue weighted by atomic mass is 10.2. The molecule has 0 aromatic carbocycles. The molecule has 2 amide bonds. The predicted molar refractivity (Wildman–Crippen MR) is 94.3 cm³/mol. The Kier molecular flexibility index (Phi) is 7.86. The Morgan fingerprint density at radius 1 is 1.23 bits per heavy atom. The van der Waals surface area contributed by atoms with Gasteiger partial charge in [0, 0.05) is 19.1 Å². The molecule has 10 heteroatoms. The van der Waals surface area contributed by atoms with Gasteiger partial charge in [-0.25, -0.2) is 13.2 Å². The van der Waals surface area contributed by atoms with Crippen molar-refractivity contribution in [1.82, 2.24) is 10.2 Å². The topological polar surface area (TPSA) is 119 Å². The lowest BCUT2D eigenvalue weighted by molar-refractivity contribution is -0.152. The van der Waals surface area contributed by atoms with Crippen LogP contribution >= 0.6 is 0 Å². The molecule has 1 atom stereocenters. The number of rotatable bonds is 7. The van der Waals surface area contributed by atoms with E-state index in [0.29, 0.717) is 13.0 Å². The first-order valence-corrected chi connectivity index (χ1v) is 10.4. The van der Waals surface area contributed by atoms with Crippen molar-refractivity contribution in [3.05, 3.63) is 0 Å². The van der Waals surface area contributed by atoms with Crippen molar-refractivity contribution in [2.24, 2.45) is 0 Å². The highest BCUT2D eigenvalue weighted by atomic mass is 32.2. The molecule has 1 fully saturated rings. The smallest absolute Gasteiger partial charge is 0.407 e. The maximum absolute atomic E-state index is 12.2. The van der Waals surface area contributed by atoms with Crippen LogP contribution in [0.15, 0.2) is 0 Å². The van der Waals surface area contributed by atoms with E-state index in [9.17, 15) is 22.8 Å². The van der Waals surface area contributed by atoms with E-state index in [2.05, 4.69) is 5.32 Å². The first-order chi connectivity index (χ1) is 11.9. The fourth-order valence-corrected chi connectivity index (χ4v) is 4.27. The number of ether oxygens (including phenoxy) is 2. The molecule has 0 aliphatic carbocycles. The Hall–Kier alpha value is -1.84. The molecule has 0 spiro atoms. The van der Waals surface area contributed by atoms with Crippen molar-refractivity contribution in [3.63, 3.8) is 0 Å². The van der Waals surface area contributed by atoms with E-state index in [1.165, 1.54) is 4.90 Å². The van der Waals surface area contributed by atoms with Crippen LogP contribution in [0.5, 0.6) is 0 Å². The highest BCUT2D eigenvalue weighted by Crippen LogP contribution is 2.17. The molecular formula is C16H28N2O7S. The van der Waals surface area contributed by atoms with Gasteiger partial charge < -0.3 is 19.7 Å². The zero-order chi connectivity index (χ0) is 20.0. The summed E-state index contributed by atoms with van der Waals surface area (Å²) in [6, 6.07) is -0.370. The van der Waals surface area contributed by atoms with Gasteiger partial charge in [-0.15, -0.1) is 0 Å². The van der Waals surface area contributed by atoms with Crippen LogP contribution in [0.1, 0.15) is 40.5 Å². The zero-order valence-electron chi connectivity index (χ0n) is 15.7. The minimum atomic E-state index is -3.10. The number of hydrogen-bond acceptors (Lipinski definition) is 7. The third-order valence-corrected chi connectivity index (χ3v) is 5.41. The number of sulfone groups is 1. The van der Waals surface area contributed by atoms with Gasteiger partial charge in [-0.1, -0.05) is 0 Å². The number of hydrogen-bond donors (Lipinski definition) is 1. The van der Waals surface area contributed by atoms with Crippen LogP contribution in [-0.2, 0) is 28.9 Å². The summed E-state index contributed by atoms with van der Waals surface area (Å²) in [7, 11) is -3.10. The summed E-state index contributed by atoms with van der Waals surface area (Å²) in [5.74, 6) is -1.05. The van der Waals surface area contributed by atoms with E-state index in [1.54, 1.807) is 27.7 Å². The molecule has 0 aromatic heterocycles. The summed E-state index contributed by atoms with van der Waals surface area (Å²) >= 11 is 0. The summed E-state index contributed by atoms with van der Waals surface area (Å²) in [6.45, 7) is 6.84. The van der Waals surface area contributed by atoms with E-state index in [0.717, 1.165) is 0 Å². The van der Waals surface area contributed by atoms with E-state index in [1.807, 2.05) is 0 Å². The second-order valence-electron chi connectivity index (χ2n) is 7.08. The van der Waals surface area contributed by atoms with Gasteiger partial charge in [0.15, 0.2) is 16.4 Å². The second kappa shape index (κ2) is 9.20. The Morgan fingerprint density at radius 3 is 2.38 bits per heavy atom. The number of amides is 2. The number of nitrogens with one attached hydrogen (secondary N) is 1. The van der Waals surface area contributed by atoms with E-state index >= 15 is 0 Å². The van der Waals surface area contributed by atoms with Gasteiger partial charge in [0.05, 0.1) is 17.9 Å². The van der Waals surface area contributed by atoms with Crippen molar-refractivity contribution >= 4 is 27.8 Å². The molecular weight excluding hydrogens is 364 g/mol. The number of likely N-dealkylation sites (N-methyl/N-ethyl adjacent to an activating group) is 1. The standard InChI is InChI=1S/C16H28N2O7S/c1-5-18(12-7-9-26(22,23)11-12)13(19)10-24-14(20)6-8-17-15(21)25-16(2,3)4/h12H,5-11H2,1-4H3,(H,17,21). The summed E-state index contributed by atoms with van der Waals surface area (Å²) in [6.07, 6.45) is -0.340. The molecule has 1 unspecified atom stereocenters. The van der Waals surface area contributed by atoms with E-state index < -0.39 is 40.0 Å². The third kappa shape index (κ3) is 8.03. The molecule has 1 heterocycles. The van der Waals surface area contributed by atoms with Gasteiger partial charge in [-0.3, -0.25) is 9.59 Å². The van der Waals surface area contributed by atoms with Crippen molar-refractivity contribution in [2.45, 2.75) is 52.2 Å². The number of carbonyl (C=O) groups is 3. The van der Waals surface area contributed by atoms with Crippen LogP contribution in [0.2, 0.25) is 0 Å². The van der Waals surface area contributed by atoms with Crippen LogP contribution in [0, 0.1) is 0 Å². The van der Waals surface area contributed by atoms with Gasteiger partial charge in [0.1, 0.15) is 5.60 Å². The predicted octanol–water partition coefficient (Wildman–Crippen LogP) is 0.480. The van der Waals surface area contributed by atoms with E-state index in [4.69, 9.17) is 9.47 Å². The molecule has 1 aliphatic heterocycles. The molecule has 0 aromatic rings. The van der Waals surface area contributed by atoms with Gasteiger partial charge >= 0.3 is 12.1 Å². The van der Waals surface area contributed by atoms with Gasteiger partial charge in [-0.2, -0.15) is 0 Å². The molecule has 0 bridgehead atoms. The van der Waals surface area contributed by atoms with Crippen LogP contribution in [-0.4, -0.2) is 74.1 Å². The maximum atomic E-state index is 12.2. The van der Waals surface area contributed by atoms with Crippen LogP contribution in [0.25, 0.3) is 0 Å². The maximum Gasteiger partial charge on any atom is 0.407 e. The third-order valence-electron chi connectivity index (χ3n) is 3.66. The van der Waals surface area contributed by atoms with Crippen molar-refractivity contribution in [1.29, 1.82) is 0 Å². The number of nitrogens with zero attached hydrogens (tertiary/aromatic N) is 1. The Balaban J connectivity index is 2.32. The minimum Gasteiger partial charge on any atom is -0.456 e. The van der Waals surface area contributed by atoms with Gasteiger partial charge in [0.25, 0.3) is 5.91 Å². The lowest BCUT2D eigenvalue weighted by Gasteiger charge is -2.26. The van der Waals surface area contributed by atoms with Crippen molar-refractivity contribution in [3.8, 4) is 0 Å². The Morgan fingerprint density at radius 2 is 1.88 bits per heavy atom. The molecule has 1 N–H and O–H groups in total. The number of carbonyl (C=O) groups excluding carboxylic acids is 3. The van der Waals surface area contributed by atoms with Crippen LogP contribution in [0.3, 0.4) is 0 Å². The van der Waals surface area contributed by atoms with Crippen LogP contribution in [0.4, 0.5) is 4.79 Å². The first-order valence-electron chi connectivity index (χ1n) is 8.56.